The molecular weight excluding hydrogens is 192 g/mol. The first-order valence-corrected chi connectivity index (χ1v) is 4.54. The summed E-state index contributed by atoms with van der Waals surface area (Å²) < 4.78 is 1.81. The zero-order chi connectivity index (χ0) is 11.0. The molecule has 0 atom stereocenters. The minimum Gasteiger partial charge on any atom is -0.507 e. The largest absolute Gasteiger partial charge is 0.507 e. The molecule has 2 aromatic rings. The van der Waals surface area contributed by atoms with Crippen LogP contribution in [0, 0.1) is 6.92 Å². The van der Waals surface area contributed by atoms with Crippen molar-refractivity contribution < 1.29 is 5.11 Å². The van der Waals surface area contributed by atoms with E-state index in [9.17, 15) is 5.11 Å². The maximum absolute atomic E-state index is 9.72. The van der Waals surface area contributed by atoms with Gasteiger partial charge in [-0.2, -0.15) is 0 Å². The summed E-state index contributed by atoms with van der Waals surface area (Å²) in [5.41, 5.74) is 6.70. The maximum atomic E-state index is 9.72. The fourth-order valence-corrected chi connectivity index (χ4v) is 1.38. The first-order valence-electron chi connectivity index (χ1n) is 4.54. The van der Waals surface area contributed by atoms with Crippen LogP contribution in [-0.2, 0) is 7.05 Å². The Balaban J connectivity index is 2.59. The molecule has 0 saturated heterocycles. The number of phenolic OH excluding ortho intramolecular Hbond substituents is 1. The van der Waals surface area contributed by atoms with E-state index in [-0.39, 0.29) is 5.75 Å². The van der Waals surface area contributed by atoms with Crippen LogP contribution in [0.3, 0.4) is 0 Å². The van der Waals surface area contributed by atoms with Crippen LogP contribution in [0.4, 0.5) is 5.69 Å². The van der Waals surface area contributed by atoms with Gasteiger partial charge in [0.15, 0.2) is 5.82 Å². The quantitative estimate of drug-likeness (QED) is 0.681. The van der Waals surface area contributed by atoms with Gasteiger partial charge in [0.05, 0.1) is 5.56 Å². The first kappa shape index (κ1) is 9.51. The second-order valence-electron chi connectivity index (χ2n) is 3.41. The topological polar surface area (TPSA) is 77.0 Å². The molecule has 0 aliphatic carbocycles. The molecule has 5 nitrogen and oxygen atoms in total. The molecule has 15 heavy (non-hydrogen) atoms. The van der Waals surface area contributed by atoms with Crippen LogP contribution in [0.5, 0.6) is 5.75 Å². The van der Waals surface area contributed by atoms with Gasteiger partial charge in [0.25, 0.3) is 0 Å². The smallest absolute Gasteiger partial charge is 0.167 e. The molecule has 0 bridgehead atoms. The molecule has 1 aromatic heterocycles. The molecule has 2 rings (SSSR count). The molecule has 0 fully saturated rings. The van der Waals surface area contributed by atoms with Crippen LogP contribution in [0.2, 0.25) is 0 Å². The SMILES string of the molecule is Cc1nnc(-c2ccc(N)cc2O)n1C. The third-order valence-corrected chi connectivity index (χ3v) is 2.36. The minimum atomic E-state index is 0.116. The Bertz CT molecular complexity index is 504. The number of phenols is 1. The summed E-state index contributed by atoms with van der Waals surface area (Å²) >= 11 is 0. The van der Waals surface area contributed by atoms with Gasteiger partial charge >= 0.3 is 0 Å². The zero-order valence-corrected chi connectivity index (χ0v) is 8.60. The van der Waals surface area contributed by atoms with Crippen LogP contribution < -0.4 is 5.73 Å². The standard InChI is InChI=1S/C10H12N4O/c1-6-12-13-10(14(6)2)8-4-3-7(11)5-9(8)15/h3-5,15H,11H2,1-2H3. The first-order chi connectivity index (χ1) is 7.09. The van der Waals surface area contributed by atoms with Crippen molar-refractivity contribution in [1.82, 2.24) is 14.8 Å². The lowest BCUT2D eigenvalue weighted by molar-refractivity contribution is 0.477. The number of aromatic hydroxyl groups is 1. The number of hydrogen-bond acceptors (Lipinski definition) is 4. The number of aromatic nitrogens is 3. The Hall–Kier alpha value is -2.04. The summed E-state index contributed by atoms with van der Waals surface area (Å²) in [5, 5.41) is 17.6. The predicted octanol–water partition coefficient (Wildman–Crippen LogP) is 1.08. The Labute approximate surface area is 87.2 Å². The number of rotatable bonds is 1. The summed E-state index contributed by atoms with van der Waals surface area (Å²) in [4.78, 5) is 0. The molecule has 0 amide bonds. The van der Waals surface area contributed by atoms with Gasteiger partial charge in [0, 0.05) is 18.8 Å². The number of nitrogens with two attached hydrogens (primary N) is 1. The lowest BCUT2D eigenvalue weighted by Gasteiger charge is -2.04. The number of nitrogen functional groups attached to an aromatic ring is 1. The monoisotopic (exact) mass is 204 g/mol. The lowest BCUT2D eigenvalue weighted by atomic mass is 10.1. The van der Waals surface area contributed by atoms with E-state index in [1.165, 1.54) is 6.07 Å². The van der Waals surface area contributed by atoms with E-state index in [4.69, 9.17) is 5.73 Å². The minimum absolute atomic E-state index is 0.116. The van der Waals surface area contributed by atoms with Crippen molar-refractivity contribution in [2.24, 2.45) is 7.05 Å². The second kappa shape index (κ2) is 3.27. The van der Waals surface area contributed by atoms with E-state index in [2.05, 4.69) is 10.2 Å². The normalized spacial score (nSPS) is 10.5. The van der Waals surface area contributed by atoms with E-state index >= 15 is 0 Å². The highest BCUT2D eigenvalue weighted by Crippen LogP contribution is 2.29. The average Bonchev–Trinajstić information content (AvgIpc) is 2.49. The van der Waals surface area contributed by atoms with Crippen molar-refractivity contribution in [2.45, 2.75) is 6.92 Å². The summed E-state index contributed by atoms with van der Waals surface area (Å²) in [6.45, 7) is 1.85. The Kier molecular flexibility index (Phi) is 2.07. The van der Waals surface area contributed by atoms with Gasteiger partial charge in [-0.25, -0.2) is 0 Å². The molecule has 0 radical (unpaired) electrons. The highest BCUT2D eigenvalue weighted by molar-refractivity contribution is 5.67. The summed E-state index contributed by atoms with van der Waals surface area (Å²) in [6.07, 6.45) is 0. The number of hydrogen-bond donors (Lipinski definition) is 2. The van der Waals surface area contributed by atoms with Gasteiger partial charge in [-0.05, 0) is 19.1 Å². The molecular formula is C10H12N4O. The maximum Gasteiger partial charge on any atom is 0.167 e. The zero-order valence-electron chi connectivity index (χ0n) is 8.60. The molecule has 78 valence electrons. The van der Waals surface area contributed by atoms with Crippen LogP contribution in [0.25, 0.3) is 11.4 Å². The highest BCUT2D eigenvalue weighted by Gasteiger charge is 2.11. The van der Waals surface area contributed by atoms with Gasteiger partial charge in [-0.1, -0.05) is 0 Å². The Morgan fingerprint density at radius 1 is 1.33 bits per heavy atom. The van der Waals surface area contributed by atoms with E-state index in [0.29, 0.717) is 17.1 Å². The van der Waals surface area contributed by atoms with Gasteiger partial charge < -0.3 is 15.4 Å². The third-order valence-electron chi connectivity index (χ3n) is 2.36. The van der Waals surface area contributed by atoms with E-state index < -0.39 is 0 Å². The molecule has 0 spiro atoms. The lowest BCUT2D eigenvalue weighted by Crippen LogP contribution is -1.95. The van der Waals surface area contributed by atoms with Gasteiger partial charge in [0.1, 0.15) is 11.6 Å². The van der Waals surface area contributed by atoms with Crippen LogP contribution >= 0.6 is 0 Å². The fraction of sp³-hybridized carbons (Fsp3) is 0.200. The summed E-state index contributed by atoms with van der Waals surface area (Å²) in [5.74, 6) is 1.54. The predicted molar refractivity (Wildman–Crippen MR) is 57.3 cm³/mol. The number of nitrogens with zero attached hydrogens (tertiary/aromatic N) is 3. The molecule has 3 N–H and O–H groups in total. The van der Waals surface area contributed by atoms with E-state index in [0.717, 1.165) is 5.82 Å². The van der Waals surface area contributed by atoms with Gasteiger partial charge in [0.2, 0.25) is 0 Å². The Morgan fingerprint density at radius 3 is 2.60 bits per heavy atom. The molecule has 1 heterocycles. The van der Waals surface area contributed by atoms with Gasteiger partial charge in [-0.3, -0.25) is 0 Å². The van der Waals surface area contributed by atoms with Gasteiger partial charge in [-0.15, -0.1) is 10.2 Å². The van der Waals surface area contributed by atoms with Crippen LogP contribution in [-0.4, -0.2) is 19.9 Å². The van der Waals surface area contributed by atoms with Crippen molar-refractivity contribution >= 4 is 5.69 Å². The summed E-state index contributed by atoms with van der Waals surface area (Å²) in [6, 6.07) is 4.95. The molecule has 0 aliphatic rings. The second-order valence-corrected chi connectivity index (χ2v) is 3.41. The molecule has 1 aromatic carbocycles. The van der Waals surface area contributed by atoms with Crippen molar-refractivity contribution in [3.8, 4) is 17.1 Å². The van der Waals surface area contributed by atoms with E-state index in [1.54, 1.807) is 12.1 Å². The third kappa shape index (κ3) is 1.52. The Morgan fingerprint density at radius 2 is 2.07 bits per heavy atom. The van der Waals surface area contributed by atoms with Crippen molar-refractivity contribution in [1.29, 1.82) is 0 Å². The molecule has 0 saturated carbocycles. The van der Waals surface area contributed by atoms with Crippen molar-refractivity contribution in [3.05, 3.63) is 24.0 Å². The van der Waals surface area contributed by atoms with Crippen molar-refractivity contribution in [2.75, 3.05) is 5.73 Å². The van der Waals surface area contributed by atoms with Crippen LogP contribution in [0.15, 0.2) is 18.2 Å². The number of aryl methyl sites for hydroxylation is 1. The fourth-order valence-electron chi connectivity index (χ4n) is 1.38. The highest BCUT2D eigenvalue weighted by atomic mass is 16.3. The van der Waals surface area contributed by atoms with Crippen molar-refractivity contribution in [3.63, 3.8) is 0 Å². The van der Waals surface area contributed by atoms with E-state index in [1.807, 2.05) is 18.5 Å². The molecule has 0 unspecified atom stereocenters. The van der Waals surface area contributed by atoms with Crippen LogP contribution in [0.1, 0.15) is 5.82 Å². The molecule has 0 aliphatic heterocycles. The molecule has 5 heteroatoms. The number of benzene rings is 1. The number of anilines is 1. The summed E-state index contributed by atoms with van der Waals surface area (Å²) in [7, 11) is 1.85. The average molecular weight is 204 g/mol.